The molecule has 4 nitrogen and oxygen atoms in total. The molecule has 0 atom stereocenters. The van der Waals surface area contributed by atoms with Crippen LogP contribution >= 0.6 is 12.2 Å². The molecule has 0 spiro atoms. The van der Waals surface area contributed by atoms with Crippen molar-refractivity contribution in [1.82, 2.24) is 10.9 Å². The lowest BCUT2D eigenvalue weighted by Crippen LogP contribution is -2.39. The van der Waals surface area contributed by atoms with Crippen LogP contribution in [0.1, 0.15) is 16.7 Å². The van der Waals surface area contributed by atoms with Crippen molar-refractivity contribution in [3.63, 3.8) is 0 Å². The molecule has 25 heavy (non-hydrogen) atoms. The number of rotatable bonds is 4. The molecule has 0 aliphatic carbocycles. The highest BCUT2D eigenvalue weighted by atomic mass is 32.1. The summed E-state index contributed by atoms with van der Waals surface area (Å²) in [6.07, 6.45) is -4.49. The SMILES string of the molecule is C=C(NNC(=S)Nc1ccccc1C(F)(F)F)c1ccc(C#N)cc1. The van der Waals surface area contributed by atoms with E-state index in [1.54, 1.807) is 24.3 Å². The number of nitrogens with zero attached hydrogens (tertiary/aromatic N) is 1. The molecule has 2 aromatic carbocycles. The molecular weight excluding hydrogens is 349 g/mol. The second-order valence-electron chi connectivity index (χ2n) is 4.92. The van der Waals surface area contributed by atoms with E-state index in [-0.39, 0.29) is 10.8 Å². The summed E-state index contributed by atoms with van der Waals surface area (Å²) in [5.41, 5.74) is 5.95. The van der Waals surface area contributed by atoms with Crippen LogP contribution in [0.25, 0.3) is 5.70 Å². The summed E-state index contributed by atoms with van der Waals surface area (Å²) in [6.45, 7) is 3.79. The van der Waals surface area contributed by atoms with E-state index in [9.17, 15) is 13.2 Å². The van der Waals surface area contributed by atoms with Gasteiger partial charge in [-0.3, -0.25) is 10.9 Å². The maximum atomic E-state index is 12.9. The fraction of sp³-hybridized carbons (Fsp3) is 0.0588. The molecule has 2 aromatic rings. The smallest absolute Gasteiger partial charge is 0.331 e. The monoisotopic (exact) mass is 362 g/mol. The Labute approximate surface area is 147 Å². The number of alkyl halides is 3. The summed E-state index contributed by atoms with van der Waals surface area (Å²) in [6, 6.07) is 13.6. The molecule has 3 N–H and O–H groups in total. The topological polar surface area (TPSA) is 59.9 Å². The number of hydrogen-bond donors (Lipinski definition) is 3. The largest absolute Gasteiger partial charge is 0.418 e. The Kier molecular flexibility index (Phi) is 5.62. The average Bonchev–Trinajstić information content (AvgIpc) is 2.59. The molecule has 0 saturated heterocycles. The van der Waals surface area contributed by atoms with E-state index in [1.165, 1.54) is 18.2 Å². The zero-order valence-electron chi connectivity index (χ0n) is 12.8. The van der Waals surface area contributed by atoms with Crippen molar-refractivity contribution in [2.75, 3.05) is 5.32 Å². The van der Waals surface area contributed by atoms with Crippen molar-refractivity contribution >= 4 is 28.7 Å². The van der Waals surface area contributed by atoms with Crippen LogP contribution in [0.2, 0.25) is 0 Å². The van der Waals surface area contributed by atoms with E-state index in [0.717, 1.165) is 6.07 Å². The van der Waals surface area contributed by atoms with Gasteiger partial charge in [0, 0.05) is 0 Å². The summed E-state index contributed by atoms with van der Waals surface area (Å²) < 4.78 is 38.8. The van der Waals surface area contributed by atoms with Crippen LogP contribution in [0, 0.1) is 11.3 Å². The third kappa shape index (κ3) is 4.96. The number of benzene rings is 2. The maximum Gasteiger partial charge on any atom is 0.418 e. The first kappa shape index (κ1) is 18.3. The van der Waals surface area contributed by atoms with Gasteiger partial charge >= 0.3 is 6.18 Å². The average molecular weight is 362 g/mol. The second kappa shape index (κ2) is 7.68. The van der Waals surface area contributed by atoms with E-state index < -0.39 is 11.7 Å². The molecule has 8 heteroatoms. The van der Waals surface area contributed by atoms with Crippen LogP contribution in [-0.2, 0) is 6.18 Å². The number of para-hydroxylation sites is 1. The van der Waals surface area contributed by atoms with Crippen molar-refractivity contribution in [3.8, 4) is 6.07 Å². The maximum absolute atomic E-state index is 12.9. The van der Waals surface area contributed by atoms with Gasteiger partial charge in [0.05, 0.1) is 28.6 Å². The van der Waals surface area contributed by atoms with Gasteiger partial charge in [0.2, 0.25) is 0 Å². The van der Waals surface area contributed by atoms with Gasteiger partial charge in [0.1, 0.15) is 0 Å². The summed E-state index contributed by atoms with van der Waals surface area (Å²) in [4.78, 5) is 0. The quantitative estimate of drug-likeness (QED) is 0.566. The van der Waals surface area contributed by atoms with Crippen molar-refractivity contribution in [3.05, 3.63) is 71.8 Å². The Balaban J connectivity index is 1.97. The predicted molar refractivity (Wildman–Crippen MR) is 94.1 cm³/mol. The molecule has 0 radical (unpaired) electrons. The molecule has 0 saturated carbocycles. The van der Waals surface area contributed by atoms with Crippen LogP contribution in [0.15, 0.2) is 55.1 Å². The zero-order chi connectivity index (χ0) is 18.4. The van der Waals surface area contributed by atoms with Crippen LogP contribution in [0.5, 0.6) is 0 Å². The fourth-order valence-corrected chi connectivity index (χ4v) is 2.10. The summed E-state index contributed by atoms with van der Waals surface area (Å²) >= 11 is 4.99. The van der Waals surface area contributed by atoms with Crippen molar-refractivity contribution in [2.45, 2.75) is 6.18 Å². The van der Waals surface area contributed by atoms with E-state index in [0.29, 0.717) is 16.8 Å². The standard InChI is InChI=1S/C17H13F3N4S/c1-11(13-8-6-12(10-21)7-9-13)23-24-16(25)22-15-5-3-2-4-14(15)17(18,19)20/h2-9,23H,1H2,(H2,22,24,25). The van der Waals surface area contributed by atoms with Gasteiger partial charge < -0.3 is 5.32 Å². The van der Waals surface area contributed by atoms with Gasteiger partial charge in [0.25, 0.3) is 0 Å². The first-order valence-corrected chi connectivity index (χ1v) is 7.41. The minimum absolute atomic E-state index is 0.0495. The van der Waals surface area contributed by atoms with Crippen LogP contribution in [0.3, 0.4) is 0 Å². The second-order valence-corrected chi connectivity index (χ2v) is 5.32. The first-order chi connectivity index (χ1) is 11.8. The van der Waals surface area contributed by atoms with Gasteiger partial charge in [-0.05, 0) is 42.0 Å². The predicted octanol–water partition coefficient (Wildman–Crippen LogP) is 4.04. The number of nitriles is 1. The number of hydrazine groups is 1. The minimum atomic E-state index is -4.49. The zero-order valence-corrected chi connectivity index (χ0v) is 13.6. The molecule has 128 valence electrons. The van der Waals surface area contributed by atoms with Crippen LogP contribution in [0.4, 0.5) is 18.9 Å². The Morgan fingerprint density at radius 1 is 1.04 bits per heavy atom. The van der Waals surface area contributed by atoms with Gasteiger partial charge in [-0.2, -0.15) is 18.4 Å². The lowest BCUT2D eigenvalue weighted by atomic mass is 10.1. The third-order valence-electron chi connectivity index (χ3n) is 3.17. The first-order valence-electron chi connectivity index (χ1n) is 7.00. The van der Waals surface area contributed by atoms with Crippen molar-refractivity contribution in [1.29, 1.82) is 5.26 Å². The highest BCUT2D eigenvalue weighted by Gasteiger charge is 2.33. The Hall–Kier alpha value is -3.05. The molecule has 0 aliphatic rings. The summed E-state index contributed by atoms with van der Waals surface area (Å²) in [5, 5.41) is 11.2. The molecule has 0 fully saturated rings. The number of anilines is 1. The van der Waals surface area contributed by atoms with E-state index in [4.69, 9.17) is 17.5 Å². The Morgan fingerprint density at radius 2 is 1.68 bits per heavy atom. The summed E-state index contributed by atoms with van der Waals surface area (Å²) in [7, 11) is 0. The summed E-state index contributed by atoms with van der Waals surface area (Å²) in [5.74, 6) is 0. The van der Waals surface area contributed by atoms with Gasteiger partial charge in [-0.1, -0.05) is 30.8 Å². The number of halogens is 3. The minimum Gasteiger partial charge on any atom is -0.331 e. The fourth-order valence-electron chi connectivity index (χ4n) is 1.94. The van der Waals surface area contributed by atoms with Crippen LogP contribution < -0.4 is 16.2 Å². The van der Waals surface area contributed by atoms with Crippen molar-refractivity contribution < 1.29 is 13.2 Å². The van der Waals surface area contributed by atoms with Gasteiger partial charge in [-0.15, -0.1) is 0 Å². The molecular formula is C17H13F3N4S. The number of hydrogen-bond acceptors (Lipinski definition) is 3. The van der Waals surface area contributed by atoms with Crippen molar-refractivity contribution in [2.24, 2.45) is 0 Å². The van der Waals surface area contributed by atoms with Gasteiger partial charge in [0.15, 0.2) is 5.11 Å². The van der Waals surface area contributed by atoms with Gasteiger partial charge in [-0.25, -0.2) is 0 Å². The van der Waals surface area contributed by atoms with E-state index in [2.05, 4.69) is 22.7 Å². The van der Waals surface area contributed by atoms with E-state index in [1.807, 2.05) is 6.07 Å². The number of nitrogens with one attached hydrogen (secondary N) is 3. The highest BCUT2D eigenvalue weighted by Crippen LogP contribution is 2.34. The normalized spacial score (nSPS) is 10.5. The lowest BCUT2D eigenvalue weighted by molar-refractivity contribution is -0.136. The lowest BCUT2D eigenvalue weighted by Gasteiger charge is -2.17. The highest BCUT2D eigenvalue weighted by molar-refractivity contribution is 7.80. The Morgan fingerprint density at radius 3 is 2.28 bits per heavy atom. The molecule has 0 aromatic heterocycles. The molecule has 0 unspecified atom stereocenters. The molecule has 2 rings (SSSR count). The molecule has 0 heterocycles. The molecule has 0 bridgehead atoms. The van der Waals surface area contributed by atoms with E-state index >= 15 is 0 Å². The Bertz CT molecular complexity index is 823. The van der Waals surface area contributed by atoms with Crippen LogP contribution in [-0.4, -0.2) is 5.11 Å². The molecule has 0 aliphatic heterocycles. The molecule has 0 amide bonds. The number of thiocarbonyl (C=S) groups is 1. The third-order valence-corrected chi connectivity index (χ3v) is 3.37.